The quantitative estimate of drug-likeness (QED) is 0.625. The van der Waals surface area contributed by atoms with Crippen LogP contribution in [0.2, 0.25) is 0 Å². The van der Waals surface area contributed by atoms with Crippen molar-refractivity contribution in [3.05, 3.63) is 53.1 Å². The summed E-state index contributed by atoms with van der Waals surface area (Å²) in [7, 11) is 1.95. The fraction of sp³-hybridized carbons (Fsp3) is 0.278. The molecule has 0 saturated carbocycles. The number of para-hydroxylation sites is 1. The summed E-state index contributed by atoms with van der Waals surface area (Å²) in [6.07, 6.45) is 1.77. The minimum atomic E-state index is -0.617. The topological polar surface area (TPSA) is 27.6 Å². The van der Waals surface area contributed by atoms with Crippen LogP contribution in [0.4, 0.5) is 25.8 Å². The van der Waals surface area contributed by atoms with E-state index in [4.69, 9.17) is 0 Å². The molecule has 0 fully saturated rings. The Morgan fingerprint density at radius 2 is 1.78 bits per heavy atom. The third kappa shape index (κ3) is 4.06. The highest BCUT2D eigenvalue weighted by atomic mass is 19.1. The van der Waals surface area contributed by atoms with E-state index in [1.54, 1.807) is 6.34 Å². The molecule has 0 unspecified atom stereocenters. The normalized spacial score (nSPS) is 11.0. The Morgan fingerprint density at radius 3 is 2.39 bits per heavy atom. The first-order chi connectivity index (χ1) is 10.9. The Kier molecular flexibility index (Phi) is 5.32. The lowest BCUT2D eigenvalue weighted by Crippen LogP contribution is -2.14. The van der Waals surface area contributed by atoms with E-state index < -0.39 is 11.6 Å². The highest BCUT2D eigenvalue weighted by Crippen LogP contribution is 2.30. The van der Waals surface area contributed by atoms with Gasteiger partial charge in [-0.1, -0.05) is 6.07 Å². The Hall–Kier alpha value is -2.43. The number of halogens is 2. The van der Waals surface area contributed by atoms with Crippen LogP contribution in [-0.4, -0.2) is 24.8 Å². The predicted octanol–water partition coefficient (Wildman–Crippen LogP) is 4.94. The van der Waals surface area contributed by atoms with Crippen LogP contribution in [0.3, 0.4) is 0 Å². The summed E-state index contributed by atoms with van der Waals surface area (Å²) in [5, 5.41) is 2.84. The van der Waals surface area contributed by atoms with Crippen molar-refractivity contribution in [2.45, 2.75) is 20.8 Å². The van der Waals surface area contributed by atoms with Gasteiger partial charge in [0.05, 0.1) is 12.0 Å². The van der Waals surface area contributed by atoms with E-state index in [9.17, 15) is 8.78 Å². The highest BCUT2D eigenvalue weighted by Gasteiger charge is 2.11. The van der Waals surface area contributed by atoms with E-state index >= 15 is 0 Å². The number of aliphatic imine (C=N–C) groups is 1. The zero-order valence-corrected chi connectivity index (χ0v) is 13.8. The number of nitrogens with zero attached hydrogens (tertiary/aromatic N) is 2. The van der Waals surface area contributed by atoms with E-state index in [1.807, 2.05) is 44.9 Å². The second-order valence-corrected chi connectivity index (χ2v) is 5.49. The van der Waals surface area contributed by atoms with E-state index in [-0.39, 0.29) is 5.69 Å². The zero-order valence-electron chi connectivity index (χ0n) is 13.8. The van der Waals surface area contributed by atoms with Gasteiger partial charge in [-0.25, -0.2) is 13.8 Å². The summed E-state index contributed by atoms with van der Waals surface area (Å²) < 4.78 is 27.5. The third-order valence-electron chi connectivity index (χ3n) is 3.66. The minimum Gasteiger partial charge on any atom is -0.366 e. The number of benzene rings is 2. The lowest BCUT2D eigenvalue weighted by Gasteiger charge is -2.14. The molecule has 2 aromatic rings. The largest absolute Gasteiger partial charge is 0.366 e. The molecule has 3 nitrogen and oxygen atoms in total. The van der Waals surface area contributed by atoms with Crippen molar-refractivity contribution in [3.8, 4) is 0 Å². The summed E-state index contributed by atoms with van der Waals surface area (Å²) in [4.78, 5) is 6.41. The molecule has 0 aliphatic heterocycles. The van der Waals surface area contributed by atoms with Crippen LogP contribution in [0.5, 0.6) is 0 Å². The summed E-state index contributed by atoms with van der Waals surface area (Å²) >= 11 is 0. The maximum Gasteiger partial charge on any atom is 0.149 e. The van der Waals surface area contributed by atoms with Gasteiger partial charge in [-0.3, -0.25) is 0 Å². The van der Waals surface area contributed by atoms with Crippen LogP contribution in [0.15, 0.2) is 35.3 Å². The Labute approximate surface area is 135 Å². The third-order valence-corrected chi connectivity index (χ3v) is 3.66. The average Bonchev–Trinajstić information content (AvgIpc) is 2.52. The van der Waals surface area contributed by atoms with Crippen LogP contribution in [0.1, 0.15) is 18.1 Å². The average molecular weight is 317 g/mol. The fourth-order valence-corrected chi connectivity index (χ4v) is 2.07. The van der Waals surface area contributed by atoms with Crippen molar-refractivity contribution in [1.82, 2.24) is 4.90 Å². The molecule has 0 spiro atoms. The molecular formula is C18H21F2N3. The molecule has 0 aliphatic carbocycles. The molecule has 0 amide bonds. The molecule has 0 bridgehead atoms. The Morgan fingerprint density at radius 1 is 1.13 bits per heavy atom. The second kappa shape index (κ2) is 7.22. The molecule has 122 valence electrons. The van der Waals surface area contributed by atoms with Gasteiger partial charge in [0.2, 0.25) is 0 Å². The first-order valence-corrected chi connectivity index (χ1v) is 7.49. The van der Waals surface area contributed by atoms with Gasteiger partial charge < -0.3 is 10.2 Å². The summed E-state index contributed by atoms with van der Waals surface area (Å²) in [5.41, 5.74) is 3.15. The molecule has 2 aromatic carbocycles. The number of hydrogen-bond acceptors (Lipinski definition) is 2. The van der Waals surface area contributed by atoms with Gasteiger partial charge in [0, 0.05) is 19.3 Å². The van der Waals surface area contributed by atoms with Crippen molar-refractivity contribution in [1.29, 1.82) is 0 Å². The Bertz CT molecular complexity index is 706. The van der Waals surface area contributed by atoms with E-state index in [0.29, 0.717) is 5.69 Å². The molecule has 0 atom stereocenters. The monoisotopic (exact) mass is 317 g/mol. The standard InChI is InChI=1S/C18H21F2N3/c1-5-23(4)11-21-16-9-13(3)17(10-12(16)2)22-18-14(19)7-6-8-15(18)20/h6-11,22H,5H2,1-4H3. The summed E-state index contributed by atoms with van der Waals surface area (Å²) in [5.74, 6) is -1.23. The van der Waals surface area contributed by atoms with Crippen molar-refractivity contribution < 1.29 is 8.78 Å². The Balaban J connectivity index is 2.32. The summed E-state index contributed by atoms with van der Waals surface area (Å²) in [6.45, 7) is 6.71. The van der Waals surface area contributed by atoms with Crippen LogP contribution in [-0.2, 0) is 0 Å². The first kappa shape index (κ1) is 16.9. The molecule has 0 heterocycles. The van der Waals surface area contributed by atoms with Crippen LogP contribution >= 0.6 is 0 Å². The molecule has 0 aromatic heterocycles. The lowest BCUT2D eigenvalue weighted by atomic mass is 10.1. The van der Waals surface area contributed by atoms with E-state index in [1.165, 1.54) is 18.2 Å². The highest BCUT2D eigenvalue weighted by molar-refractivity contribution is 5.71. The minimum absolute atomic E-state index is 0.142. The van der Waals surface area contributed by atoms with Crippen molar-refractivity contribution in [3.63, 3.8) is 0 Å². The van der Waals surface area contributed by atoms with Gasteiger partial charge in [0.1, 0.15) is 17.3 Å². The van der Waals surface area contributed by atoms with Gasteiger partial charge in [-0.2, -0.15) is 0 Å². The second-order valence-electron chi connectivity index (χ2n) is 5.49. The van der Waals surface area contributed by atoms with Crippen LogP contribution in [0.25, 0.3) is 0 Å². The lowest BCUT2D eigenvalue weighted by molar-refractivity contribution is 0.552. The zero-order chi connectivity index (χ0) is 17.0. The predicted molar refractivity (Wildman–Crippen MR) is 92.0 cm³/mol. The number of rotatable bonds is 5. The van der Waals surface area contributed by atoms with Gasteiger partial charge >= 0.3 is 0 Å². The number of aryl methyl sites for hydroxylation is 2. The van der Waals surface area contributed by atoms with Crippen molar-refractivity contribution in [2.75, 3.05) is 18.9 Å². The molecule has 1 N–H and O–H groups in total. The molecule has 0 radical (unpaired) electrons. The first-order valence-electron chi connectivity index (χ1n) is 7.49. The SMILES string of the molecule is CCN(C)C=Nc1cc(C)c(Nc2c(F)cccc2F)cc1C. The fourth-order valence-electron chi connectivity index (χ4n) is 2.07. The molecular weight excluding hydrogens is 296 g/mol. The molecule has 0 saturated heterocycles. The van der Waals surface area contributed by atoms with Crippen LogP contribution < -0.4 is 5.32 Å². The van der Waals surface area contributed by atoms with Gasteiger partial charge in [-0.05, 0) is 56.2 Å². The number of anilines is 2. The van der Waals surface area contributed by atoms with Gasteiger partial charge in [0.25, 0.3) is 0 Å². The van der Waals surface area contributed by atoms with E-state index in [0.717, 1.165) is 23.4 Å². The summed E-state index contributed by atoms with van der Waals surface area (Å²) in [6, 6.07) is 7.55. The van der Waals surface area contributed by atoms with E-state index in [2.05, 4.69) is 10.3 Å². The van der Waals surface area contributed by atoms with Crippen molar-refractivity contribution in [2.24, 2.45) is 4.99 Å². The number of nitrogens with one attached hydrogen (secondary N) is 1. The smallest absolute Gasteiger partial charge is 0.149 e. The van der Waals surface area contributed by atoms with Crippen LogP contribution in [0, 0.1) is 25.5 Å². The number of hydrogen-bond donors (Lipinski definition) is 1. The molecule has 2 rings (SSSR count). The molecule has 23 heavy (non-hydrogen) atoms. The van der Waals surface area contributed by atoms with Gasteiger partial charge in [-0.15, -0.1) is 0 Å². The maximum atomic E-state index is 13.8. The van der Waals surface area contributed by atoms with Gasteiger partial charge in [0.15, 0.2) is 0 Å². The molecule has 0 aliphatic rings. The van der Waals surface area contributed by atoms with Crippen molar-refractivity contribution >= 4 is 23.4 Å². The molecule has 5 heteroatoms. The maximum absolute atomic E-state index is 13.8.